The van der Waals surface area contributed by atoms with E-state index in [9.17, 15) is 4.79 Å². The maximum absolute atomic E-state index is 11.7. The lowest BCUT2D eigenvalue weighted by Crippen LogP contribution is -2.43. The number of carbonyl (C=O) groups is 1. The van der Waals surface area contributed by atoms with Crippen molar-refractivity contribution in [2.75, 3.05) is 53.6 Å². The number of carbonyl (C=O) groups excluding carboxylic acids is 1. The number of nitrogens with zero attached hydrogens (tertiary/aromatic N) is 2. The minimum Gasteiger partial charge on any atom is -0.381 e. The number of nitrogens with one attached hydrogen (secondary N) is 2. The molecule has 0 bridgehead atoms. The van der Waals surface area contributed by atoms with Crippen molar-refractivity contribution >= 4 is 35.8 Å². The zero-order valence-electron chi connectivity index (χ0n) is 15.0. The van der Waals surface area contributed by atoms with Gasteiger partial charge in [-0.25, -0.2) is 4.99 Å². The van der Waals surface area contributed by atoms with Gasteiger partial charge < -0.3 is 29.7 Å². The van der Waals surface area contributed by atoms with Gasteiger partial charge in [0.05, 0.1) is 19.8 Å². The lowest BCUT2D eigenvalue weighted by molar-refractivity contribution is -0.210. The molecule has 1 amide bonds. The standard InChI is InChI=1S/C16H28N4O4.HI/c1-4-7-17-15(19-11-14(21)20(2)3)18-10-13-12-23-16(24-13)5-8-22-9-6-16;/h4,13H,1,5-12H2,2-3H3,(H2,17,18,19);1H. The van der Waals surface area contributed by atoms with Crippen LogP contribution in [0.15, 0.2) is 17.6 Å². The second kappa shape index (κ2) is 10.9. The summed E-state index contributed by atoms with van der Waals surface area (Å²) in [5, 5.41) is 6.29. The number of ether oxygens (including phenoxy) is 3. The molecule has 0 saturated carbocycles. The maximum atomic E-state index is 11.7. The molecule has 0 aromatic heterocycles. The third-order valence-corrected chi connectivity index (χ3v) is 3.95. The molecule has 8 nitrogen and oxygen atoms in total. The Labute approximate surface area is 166 Å². The molecule has 2 fully saturated rings. The van der Waals surface area contributed by atoms with Crippen molar-refractivity contribution < 1.29 is 19.0 Å². The van der Waals surface area contributed by atoms with Crippen LogP contribution in [0.3, 0.4) is 0 Å². The van der Waals surface area contributed by atoms with Crippen LogP contribution < -0.4 is 10.6 Å². The van der Waals surface area contributed by atoms with Crippen molar-refractivity contribution in [1.29, 1.82) is 0 Å². The van der Waals surface area contributed by atoms with E-state index < -0.39 is 5.79 Å². The fourth-order valence-corrected chi connectivity index (χ4v) is 2.50. The first-order valence-electron chi connectivity index (χ1n) is 8.27. The van der Waals surface area contributed by atoms with Gasteiger partial charge in [-0.2, -0.15) is 0 Å². The molecule has 144 valence electrons. The maximum Gasteiger partial charge on any atom is 0.243 e. The summed E-state index contributed by atoms with van der Waals surface area (Å²) in [6, 6.07) is 0. The Bertz CT molecular complexity index is 467. The number of hydrogen-bond donors (Lipinski definition) is 2. The summed E-state index contributed by atoms with van der Waals surface area (Å²) in [5.74, 6) is 0.00934. The minimum absolute atomic E-state index is 0. The quantitative estimate of drug-likeness (QED) is 0.253. The number of halogens is 1. The summed E-state index contributed by atoms with van der Waals surface area (Å²) in [4.78, 5) is 17.5. The fourth-order valence-electron chi connectivity index (χ4n) is 2.50. The second-order valence-electron chi connectivity index (χ2n) is 6.08. The van der Waals surface area contributed by atoms with Gasteiger partial charge in [-0.3, -0.25) is 4.79 Å². The number of rotatable bonds is 6. The number of hydrogen-bond acceptors (Lipinski definition) is 5. The van der Waals surface area contributed by atoms with E-state index in [1.54, 1.807) is 20.2 Å². The van der Waals surface area contributed by atoms with Crippen LogP contribution in [-0.4, -0.2) is 82.2 Å². The molecule has 2 saturated heterocycles. The van der Waals surface area contributed by atoms with E-state index in [0.717, 1.165) is 12.8 Å². The Balaban J connectivity index is 0.00000312. The number of likely N-dealkylation sites (N-methyl/N-ethyl adjacent to an activating group) is 1. The van der Waals surface area contributed by atoms with Gasteiger partial charge in [0, 0.05) is 40.0 Å². The number of guanidine groups is 1. The lowest BCUT2D eigenvalue weighted by Gasteiger charge is -2.31. The van der Waals surface area contributed by atoms with E-state index in [1.807, 2.05) is 0 Å². The van der Waals surface area contributed by atoms with E-state index in [0.29, 0.717) is 38.9 Å². The Kier molecular flexibility index (Phi) is 9.69. The lowest BCUT2D eigenvalue weighted by atomic mass is 10.1. The molecule has 2 aliphatic rings. The molecule has 2 N–H and O–H groups in total. The van der Waals surface area contributed by atoms with Gasteiger partial charge in [0.2, 0.25) is 5.91 Å². The first kappa shape index (κ1) is 22.1. The van der Waals surface area contributed by atoms with Crippen molar-refractivity contribution in [2.45, 2.75) is 24.7 Å². The Morgan fingerprint density at radius 1 is 1.36 bits per heavy atom. The fraction of sp³-hybridized carbons (Fsp3) is 0.750. The molecule has 1 atom stereocenters. The SMILES string of the molecule is C=CCNC(=NCC(=O)N(C)C)NCC1COC2(CCOCC2)O1.I. The normalized spacial score (nSPS) is 22.2. The van der Waals surface area contributed by atoms with E-state index in [2.05, 4.69) is 22.2 Å². The second-order valence-corrected chi connectivity index (χ2v) is 6.08. The summed E-state index contributed by atoms with van der Waals surface area (Å²) in [7, 11) is 3.42. The van der Waals surface area contributed by atoms with Crippen molar-refractivity contribution in [1.82, 2.24) is 15.5 Å². The third-order valence-electron chi connectivity index (χ3n) is 3.95. The summed E-state index contributed by atoms with van der Waals surface area (Å²) in [6.45, 7) is 6.75. The summed E-state index contributed by atoms with van der Waals surface area (Å²) < 4.78 is 17.3. The number of aliphatic imine (C=N–C) groups is 1. The molecule has 0 aromatic carbocycles. The van der Waals surface area contributed by atoms with Crippen molar-refractivity contribution in [3.05, 3.63) is 12.7 Å². The molecule has 0 aliphatic carbocycles. The zero-order valence-corrected chi connectivity index (χ0v) is 17.3. The van der Waals surface area contributed by atoms with Crippen LogP contribution in [0, 0.1) is 0 Å². The molecule has 0 radical (unpaired) electrons. The van der Waals surface area contributed by atoms with Gasteiger partial charge in [0.15, 0.2) is 11.7 Å². The van der Waals surface area contributed by atoms with Gasteiger partial charge in [-0.1, -0.05) is 6.08 Å². The van der Waals surface area contributed by atoms with E-state index in [1.165, 1.54) is 4.90 Å². The monoisotopic (exact) mass is 468 g/mol. The average molecular weight is 468 g/mol. The Morgan fingerprint density at radius 3 is 2.72 bits per heavy atom. The topological polar surface area (TPSA) is 84.4 Å². The highest BCUT2D eigenvalue weighted by Crippen LogP contribution is 2.32. The summed E-state index contributed by atoms with van der Waals surface area (Å²) in [6.07, 6.45) is 3.20. The Hall–Kier alpha value is -0.910. The van der Waals surface area contributed by atoms with Gasteiger partial charge >= 0.3 is 0 Å². The van der Waals surface area contributed by atoms with E-state index in [-0.39, 0.29) is 42.5 Å². The van der Waals surface area contributed by atoms with Crippen LogP contribution in [0.4, 0.5) is 0 Å². The minimum atomic E-state index is -0.489. The average Bonchev–Trinajstić information content (AvgIpc) is 2.96. The highest BCUT2D eigenvalue weighted by atomic mass is 127. The predicted molar refractivity (Wildman–Crippen MR) is 106 cm³/mol. The van der Waals surface area contributed by atoms with Crippen molar-refractivity contribution in [3.63, 3.8) is 0 Å². The summed E-state index contributed by atoms with van der Waals surface area (Å²) >= 11 is 0. The molecule has 2 rings (SSSR count). The summed E-state index contributed by atoms with van der Waals surface area (Å²) in [5.41, 5.74) is 0. The molecule has 1 spiro atoms. The Morgan fingerprint density at radius 2 is 2.08 bits per heavy atom. The largest absolute Gasteiger partial charge is 0.381 e. The molecule has 9 heteroatoms. The van der Waals surface area contributed by atoms with Crippen LogP contribution >= 0.6 is 24.0 Å². The van der Waals surface area contributed by atoms with Crippen LogP contribution in [0.1, 0.15) is 12.8 Å². The van der Waals surface area contributed by atoms with E-state index >= 15 is 0 Å². The molecule has 2 aliphatic heterocycles. The third kappa shape index (κ3) is 7.08. The van der Waals surface area contributed by atoms with Crippen LogP contribution in [-0.2, 0) is 19.0 Å². The highest BCUT2D eigenvalue weighted by Gasteiger charge is 2.42. The van der Waals surface area contributed by atoms with Gasteiger partial charge in [-0.05, 0) is 0 Å². The van der Waals surface area contributed by atoms with Gasteiger partial charge in [-0.15, -0.1) is 30.6 Å². The van der Waals surface area contributed by atoms with Crippen LogP contribution in [0.2, 0.25) is 0 Å². The van der Waals surface area contributed by atoms with Crippen LogP contribution in [0.25, 0.3) is 0 Å². The first-order valence-corrected chi connectivity index (χ1v) is 8.27. The van der Waals surface area contributed by atoms with Gasteiger partial charge in [0.25, 0.3) is 0 Å². The van der Waals surface area contributed by atoms with Crippen LogP contribution in [0.5, 0.6) is 0 Å². The molecular formula is C16H29IN4O4. The number of amides is 1. The first-order chi connectivity index (χ1) is 11.5. The smallest absolute Gasteiger partial charge is 0.243 e. The van der Waals surface area contributed by atoms with E-state index in [4.69, 9.17) is 14.2 Å². The highest BCUT2D eigenvalue weighted by molar-refractivity contribution is 14.0. The molecule has 0 aromatic rings. The van der Waals surface area contributed by atoms with Crippen molar-refractivity contribution in [3.8, 4) is 0 Å². The van der Waals surface area contributed by atoms with Gasteiger partial charge in [0.1, 0.15) is 12.6 Å². The zero-order chi connectivity index (χ0) is 17.4. The molecule has 25 heavy (non-hydrogen) atoms. The predicted octanol–water partition coefficient (Wildman–Crippen LogP) is 0.336. The molecule has 1 unspecified atom stereocenters. The van der Waals surface area contributed by atoms with Crippen molar-refractivity contribution in [2.24, 2.45) is 4.99 Å². The molecule has 2 heterocycles. The molecular weight excluding hydrogens is 439 g/mol.